The van der Waals surface area contributed by atoms with E-state index < -0.39 is 0 Å². The summed E-state index contributed by atoms with van der Waals surface area (Å²) in [5.41, 5.74) is 0. The number of rotatable bonds is 3. The van der Waals surface area contributed by atoms with Crippen molar-refractivity contribution in [1.29, 1.82) is 0 Å². The van der Waals surface area contributed by atoms with Crippen molar-refractivity contribution in [2.45, 2.75) is 45.2 Å². The van der Waals surface area contributed by atoms with Crippen molar-refractivity contribution < 1.29 is 4.79 Å². The van der Waals surface area contributed by atoms with Gasteiger partial charge in [0.05, 0.1) is 0 Å². The van der Waals surface area contributed by atoms with Gasteiger partial charge in [0.15, 0.2) is 0 Å². The summed E-state index contributed by atoms with van der Waals surface area (Å²) in [5.74, 6) is 0.192. The van der Waals surface area contributed by atoms with E-state index in [9.17, 15) is 4.79 Å². The number of hydrogen-bond donors (Lipinski definition) is 2. The van der Waals surface area contributed by atoms with Crippen molar-refractivity contribution in [1.82, 2.24) is 10.6 Å². The number of nitrogens with one attached hydrogen (secondary N) is 2. The van der Waals surface area contributed by atoms with E-state index in [2.05, 4.69) is 24.5 Å². The van der Waals surface area contributed by atoms with Gasteiger partial charge in [-0.2, -0.15) is 0 Å². The lowest BCUT2D eigenvalue weighted by Gasteiger charge is -2.26. The summed E-state index contributed by atoms with van der Waals surface area (Å²) in [5, 5.41) is 6.33. The maximum absolute atomic E-state index is 10.8. The van der Waals surface area contributed by atoms with Crippen LogP contribution in [-0.2, 0) is 4.79 Å². The topological polar surface area (TPSA) is 41.1 Å². The highest BCUT2D eigenvalue weighted by atomic mass is 16.1. The van der Waals surface area contributed by atoms with Crippen LogP contribution < -0.4 is 10.6 Å². The number of hydrogen-bond acceptors (Lipinski definition) is 2. The van der Waals surface area contributed by atoms with E-state index in [4.69, 9.17) is 0 Å². The lowest BCUT2D eigenvalue weighted by Crippen LogP contribution is -2.48. The first kappa shape index (κ1) is 9.52. The first-order valence-corrected chi connectivity index (χ1v) is 4.75. The van der Waals surface area contributed by atoms with E-state index in [1.54, 1.807) is 0 Å². The average Bonchev–Trinajstić information content (AvgIpc) is 2.09. The quantitative estimate of drug-likeness (QED) is 0.653. The van der Waals surface area contributed by atoms with Crippen LogP contribution >= 0.6 is 0 Å². The van der Waals surface area contributed by atoms with Gasteiger partial charge in [-0.25, -0.2) is 0 Å². The van der Waals surface area contributed by atoms with Crippen LogP contribution in [0.4, 0.5) is 0 Å². The van der Waals surface area contributed by atoms with Gasteiger partial charge in [-0.3, -0.25) is 4.79 Å². The van der Waals surface area contributed by atoms with Crippen molar-refractivity contribution in [3.05, 3.63) is 0 Å². The highest BCUT2D eigenvalue weighted by Gasteiger charge is 2.18. The number of piperidine rings is 1. The summed E-state index contributed by atoms with van der Waals surface area (Å²) in [6.45, 7) is 5.14. The molecule has 70 valence electrons. The minimum absolute atomic E-state index is 0.192. The second-order valence-corrected chi connectivity index (χ2v) is 3.52. The molecule has 3 nitrogen and oxygen atoms in total. The van der Waals surface area contributed by atoms with Crippen LogP contribution in [0.25, 0.3) is 0 Å². The maximum atomic E-state index is 10.8. The standard InChI is InChI=1S/C9H18N2O/c1-3-7(2)11-8-4-5-9(12)10-6-8/h7-8,11H,3-6H2,1-2H3,(H,10,12). The minimum Gasteiger partial charge on any atom is -0.355 e. The molecule has 1 fully saturated rings. The molecule has 12 heavy (non-hydrogen) atoms. The summed E-state index contributed by atoms with van der Waals surface area (Å²) in [6, 6.07) is 1.04. The van der Waals surface area contributed by atoms with Gasteiger partial charge < -0.3 is 10.6 Å². The number of carbonyl (C=O) groups is 1. The smallest absolute Gasteiger partial charge is 0.220 e. The third-order valence-corrected chi connectivity index (χ3v) is 2.40. The molecule has 1 rings (SSSR count). The van der Waals surface area contributed by atoms with Gasteiger partial charge in [-0.05, 0) is 19.8 Å². The molecule has 1 amide bonds. The SMILES string of the molecule is CCC(C)NC1CCC(=O)NC1. The summed E-state index contributed by atoms with van der Waals surface area (Å²) in [7, 11) is 0. The Kier molecular flexibility index (Phi) is 3.53. The van der Waals surface area contributed by atoms with Gasteiger partial charge in [-0.1, -0.05) is 6.92 Å². The molecule has 0 aromatic carbocycles. The molecular weight excluding hydrogens is 152 g/mol. The molecule has 0 aliphatic carbocycles. The monoisotopic (exact) mass is 170 g/mol. The molecule has 0 bridgehead atoms. The Balaban J connectivity index is 2.21. The molecule has 0 saturated carbocycles. The molecule has 2 N–H and O–H groups in total. The molecule has 3 heteroatoms. The highest BCUT2D eigenvalue weighted by molar-refractivity contribution is 5.76. The van der Waals surface area contributed by atoms with E-state index in [1.165, 1.54) is 0 Å². The van der Waals surface area contributed by atoms with Crippen LogP contribution in [0.1, 0.15) is 33.1 Å². The van der Waals surface area contributed by atoms with Crippen molar-refractivity contribution in [2.24, 2.45) is 0 Å². The van der Waals surface area contributed by atoms with Crippen molar-refractivity contribution in [3.63, 3.8) is 0 Å². The molecule has 2 atom stereocenters. The lowest BCUT2D eigenvalue weighted by atomic mass is 10.1. The normalized spacial score (nSPS) is 26.5. The molecule has 1 saturated heterocycles. The van der Waals surface area contributed by atoms with Gasteiger partial charge in [0.2, 0.25) is 5.91 Å². The summed E-state index contributed by atoms with van der Waals surface area (Å²) in [6.07, 6.45) is 2.80. The Morgan fingerprint density at radius 2 is 2.50 bits per heavy atom. The Bertz CT molecular complexity index is 149. The van der Waals surface area contributed by atoms with Crippen LogP contribution in [0, 0.1) is 0 Å². The Morgan fingerprint density at radius 3 is 3.00 bits per heavy atom. The summed E-state index contributed by atoms with van der Waals surface area (Å²) < 4.78 is 0. The number of amides is 1. The van der Waals surface area contributed by atoms with E-state index in [-0.39, 0.29) is 5.91 Å². The Labute approximate surface area is 73.9 Å². The molecule has 0 aromatic rings. The lowest BCUT2D eigenvalue weighted by molar-refractivity contribution is -0.122. The fourth-order valence-corrected chi connectivity index (χ4v) is 1.40. The second-order valence-electron chi connectivity index (χ2n) is 3.52. The predicted octanol–water partition coefficient (Wildman–Crippen LogP) is 0.653. The third kappa shape index (κ3) is 2.81. The van der Waals surface area contributed by atoms with E-state index >= 15 is 0 Å². The molecule has 0 aromatic heterocycles. The first-order chi connectivity index (χ1) is 5.72. The average molecular weight is 170 g/mol. The molecule has 2 unspecified atom stereocenters. The van der Waals surface area contributed by atoms with E-state index in [0.29, 0.717) is 18.5 Å². The summed E-state index contributed by atoms with van der Waals surface area (Å²) >= 11 is 0. The zero-order valence-electron chi connectivity index (χ0n) is 7.89. The van der Waals surface area contributed by atoms with Gasteiger partial charge in [-0.15, -0.1) is 0 Å². The largest absolute Gasteiger partial charge is 0.355 e. The van der Waals surface area contributed by atoms with Crippen molar-refractivity contribution >= 4 is 5.91 Å². The molecule has 1 aliphatic rings. The van der Waals surface area contributed by atoms with Crippen LogP contribution in [0.15, 0.2) is 0 Å². The minimum atomic E-state index is 0.192. The van der Waals surface area contributed by atoms with Crippen molar-refractivity contribution in [2.75, 3.05) is 6.54 Å². The van der Waals surface area contributed by atoms with Gasteiger partial charge in [0, 0.05) is 25.0 Å². The van der Waals surface area contributed by atoms with Gasteiger partial charge in [0.1, 0.15) is 0 Å². The highest BCUT2D eigenvalue weighted by Crippen LogP contribution is 2.04. The van der Waals surface area contributed by atoms with Gasteiger partial charge >= 0.3 is 0 Å². The predicted molar refractivity (Wildman–Crippen MR) is 48.9 cm³/mol. The number of carbonyl (C=O) groups excluding carboxylic acids is 1. The second kappa shape index (κ2) is 4.45. The van der Waals surface area contributed by atoms with Gasteiger partial charge in [0.25, 0.3) is 0 Å². The molecule has 1 heterocycles. The van der Waals surface area contributed by atoms with E-state index in [0.717, 1.165) is 19.4 Å². The van der Waals surface area contributed by atoms with E-state index in [1.807, 2.05) is 0 Å². The fraction of sp³-hybridized carbons (Fsp3) is 0.889. The molecule has 0 spiro atoms. The third-order valence-electron chi connectivity index (χ3n) is 2.40. The zero-order valence-corrected chi connectivity index (χ0v) is 7.89. The maximum Gasteiger partial charge on any atom is 0.220 e. The molecule has 1 aliphatic heterocycles. The first-order valence-electron chi connectivity index (χ1n) is 4.75. The molecular formula is C9H18N2O. The van der Waals surface area contributed by atoms with Crippen molar-refractivity contribution in [3.8, 4) is 0 Å². The molecule has 0 radical (unpaired) electrons. The Hall–Kier alpha value is -0.570. The Morgan fingerprint density at radius 1 is 1.75 bits per heavy atom. The fourth-order valence-electron chi connectivity index (χ4n) is 1.40. The summed E-state index contributed by atoms with van der Waals surface area (Å²) in [4.78, 5) is 10.8. The zero-order chi connectivity index (χ0) is 8.97. The van der Waals surface area contributed by atoms with Crippen LogP contribution in [0.3, 0.4) is 0 Å². The van der Waals surface area contributed by atoms with Crippen LogP contribution in [0.2, 0.25) is 0 Å². The van der Waals surface area contributed by atoms with Crippen LogP contribution in [0.5, 0.6) is 0 Å². The van der Waals surface area contributed by atoms with Crippen LogP contribution in [-0.4, -0.2) is 24.5 Å².